The van der Waals surface area contributed by atoms with Gasteiger partial charge in [0, 0.05) is 11.9 Å². The number of fused-ring (bicyclic) bond motifs is 1. The Kier molecular flexibility index (Phi) is 1.92. The molecule has 0 radical (unpaired) electrons. The van der Waals surface area contributed by atoms with Crippen molar-refractivity contribution in [2.45, 2.75) is 13.3 Å². The topological polar surface area (TPSA) is 67.5 Å². The third kappa shape index (κ3) is 1.14. The summed E-state index contributed by atoms with van der Waals surface area (Å²) in [5.74, 6) is -0.999. The molecule has 0 saturated carbocycles. The SMILES string of the molecule is CCc1ccnc2c(C(=O)O)cnn12. The number of aromatic nitrogens is 3. The van der Waals surface area contributed by atoms with Crippen molar-refractivity contribution < 1.29 is 9.90 Å². The summed E-state index contributed by atoms with van der Waals surface area (Å²) in [5.41, 5.74) is 1.49. The Hall–Kier alpha value is -1.91. The first-order valence-electron chi connectivity index (χ1n) is 4.29. The van der Waals surface area contributed by atoms with Crippen LogP contribution in [0, 0.1) is 0 Å². The Labute approximate surface area is 80.0 Å². The maximum atomic E-state index is 10.8. The van der Waals surface area contributed by atoms with Crippen LogP contribution >= 0.6 is 0 Å². The lowest BCUT2D eigenvalue weighted by Crippen LogP contribution is -2.01. The van der Waals surface area contributed by atoms with Gasteiger partial charge in [0.1, 0.15) is 5.56 Å². The monoisotopic (exact) mass is 191 g/mol. The Bertz CT molecular complexity index is 490. The van der Waals surface area contributed by atoms with E-state index < -0.39 is 5.97 Å². The van der Waals surface area contributed by atoms with Crippen molar-refractivity contribution in [2.75, 3.05) is 0 Å². The predicted molar refractivity (Wildman–Crippen MR) is 49.3 cm³/mol. The van der Waals surface area contributed by atoms with Gasteiger partial charge in [0.05, 0.1) is 6.20 Å². The summed E-state index contributed by atoms with van der Waals surface area (Å²) < 4.78 is 1.56. The molecule has 72 valence electrons. The van der Waals surface area contributed by atoms with Gasteiger partial charge in [0.15, 0.2) is 5.65 Å². The van der Waals surface area contributed by atoms with Crippen LogP contribution in [-0.4, -0.2) is 25.7 Å². The summed E-state index contributed by atoms with van der Waals surface area (Å²) in [6.07, 6.45) is 3.71. The molecule has 0 spiro atoms. The summed E-state index contributed by atoms with van der Waals surface area (Å²) in [5, 5.41) is 12.8. The first-order valence-corrected chi connectivity index (χ1v) is 4.29. The number of nitrogens with zero attached hydrogens (tertiary/aromatic N) is 3. The fraction of sp³-hybridized carbons (Fsp3) is 0.222. The van der Waals surface area contributed by atoms with Gasteiger partial charge in [-0.05, 0) is 12.5 Å². The highest BCUT2D eigenvalue weighted by Crippen LogP contribution is 2.10. The average Bonchev–Trinajstić information content (AvgIpc) is 2.60. The summed E-state index contributed by atoms with van der Waals surface area (Å²) in [7, 11) is 0. The zero-order valence-electron chi connectivity index (χ0n) is 7.64. The van der Waals surface area contributed by atoms with Gasteiger partial charge in [-0.25, -0.2) is 14.3 Å². The molecule has 2 aromatic heterocycles. The molecular weight excluding hydrogens is 182 g/mol. The largest absolute Gasteiger partial charge is 0.477 e. The number of aromatic carboxylic acids is 1. The molecule has 0 unspecified atom stereocenters. The maximum Gasteiger partial charge on any atom is 0.341 e. The summed E-state index contributed by atoms with van der Waals surface area (Å²) >= 11 is 0. The van der Waals surface area contributed by atoms with E-state index in [9.17, 15) is 4.79 Å². The van der Waals surface area contributed by atoms with E-state index >= 15 is 0 Å². The molecule has 0 bridgehead atoms. The second kappa shape index (κ2) is 3.10. The van der Waals surface area contributed by atoms with Crippen molar-refractivity contribution in [1.82, 2.24) is 14.6 Å². The Morgan fingerprint density at radius 3 is 3.07 bits per heavy atom. The molecule has 0 aromatic carbocycles. The molecule has 0 amide bonds. The summed E-state index contributed by atoms with van der Waals surface area (Å²) in [4.78, 5) is 14.8. The molecule has 0 saturated heterocycles. The van der Waals surface area contributed by atoms with Crippen LogP contribution in [0.4, 0.5) is 0 Å². The van der Waals surface area contributed by atoms with Crippen LogP contribution in [0.5, 0.6) is 0 Å². The molecular formula is C9H9N3O2. The van der Waals surface area contributed by atoms with Crippen LogP contribution in [0.15, 0.2) is 18.5 Å². The first-order chi connectivity index (χ1) is 6.74. The minimum atomic E-state index is -0.999. The van der Waals surface area contributed by atoms with E-state index in [4.69, 9.17) is 5.11 Å². The number of rotatable bonds is 2. The van der Waals surface area contributed by atoms with E-state index in [0.29, 0.717) is 5.65 Å². The van der Waals surface area contributed by atoms with Gasteiger partial charge in [-0.2, -0.15) is 5.10 Å². The molecule has 14 heavy (non-hydrogen) atoms. The Morgan fingerprint density at radius 2 is 2.43 bits per heavy atom. The fourth-order valence-electron chi connectivity index (χ4n) is 1.36. The first kappa shape index (κ1) is 8.68. The lowest BCUT2D eigenvalue weighted by atomic mass is 10.3. The van der Waals surface area contributed by atoms with Crippen molar-refractivity contribution in [3.63, 3.8) is 0 Å². The molecule has 0 aliphatic rings. The highest BCUT2D eigenvalue weighted by atomic mass is 16.4. The minimum absolute atomic E-state index is 0.139. The van der Waals surface area contributed by atoms with Gasteiger partial charge in [-0.3, -0.25) is 0 Å². The minimum Gasteiger partial charge on any atom is -0.477 e. The van der Waals surface area contributed by atoms with Crippen molar-refractivity contribution >= 4 is 11.6 Å². The maximum absolute atomic E-state index is 10.8. The molecule has 5 heteroatoms. The molecule has 0 fully saturated rings. The quantitative estimate of drug-likeness (QED) is 0.768. The van der Waals surface area contributed by atoms with Crippen LogP contribution in [0.2, 0.25) is 0 Å². The number of hydrogen-bond acceptors (Lipinski definition) is 3. The van der Waals surface area contributed by atoms with Crippen LogP contribution in [-0.2, 0) is 6.42 Å². The fourth-order valence-corrected chi connectivity index (χ4v) is 1.36. The highest BCUT2D eigenvalue weighted by molar-refractivity contribution is 5.94. The number of aryl methyl sites for hydroxylation is 1. The highest BCUT2D eigenvalue weighted by Gasteiger charge is 2.13. The molecule has 0 aliphatic carbocycles. The second-order valence-corrected chi connectivity index (χ2v) is 2.89. The molecule has 0 atom stereocenters. The van der Waals surface area contributed by atoms with Gasteiger partial charge >= 0.3 is 5.97 Å². The van der Waals surface area contributed by atoms with Crippen molar-refractivity contribution in [3.05, 3.63) is 29.7 Å². The molecule has 5 nitrogen and oxygen atoms in total. The van der Waals surface area contributed by atoms with Crippen LogP contribution in [0.1, 0.15) is 23.0 Å². The number of carbonyl (C=O) groups is 1. The third-order valence-electron chi connectivity index (χ3n) is 2.07. The molecule has 0 aliphatic heterocycles. The zero-order chi connectivity index (χ0) is 10.1. The van der Waals surface area contributed by atoms with Crippen molar-refractivity contribution in [2.24, 2.45) is 0 Å². The Morgan fingerprint density at radius 1 is 1.64 bits per heavy atom. The number of hydrogen-bond donors (Lipinski definition) is 1. The molecule has 2 aromatic rings. The average molecular weight is 191 g/mol. The van der Waals surface area contributed by atoms with Crippen molar-refractivity contribution in [1.29, 1.82) is 0 Å². The van der Waals surface area contributed by atoms with Crippen LogP contribution in [0.25, 0.3) is 5.65 Å². The van der Waals surface area contributed by atoms with E-state index in [1.54, 1.807) is 10.7 Å². The van der Waals surface area contributed by atoms with E-state index in [1.165, 1.54) is 6.20 Å². The smallest absolute Gasteiger partial charge is 0.341 e. The van der Waals surface area contributed by atoms with Crippen LogP contribution in [0.3, 0.4) is 0 Å². The zero-order valence-corrected chi connectivity index (χ0v) is 7.64. The second-order valence-electron chi connectivity index (χ2n) is 2.89. The van der Waals surface area contributed by atoms with Gasteiger partial charge in [0.2, 0.25) is 0 Å². The summed E-state index contributed by atoms with van der Waals surface area (Å²) in [6, 6.07) is 1.83. The van der Waals surface area contributed by atoms with Gasteiger partial charge in [0.25, 0.3) is 0 Å². The predicted octanol–water partition coefficient (Wildman–Crippen LogP) is 0.990. The lowest BCUT2D eigenvalue weighted by molar-refractivity contribution is 0.0699. The lowest BCUT2D eigenvalue weighted by Gasteiger charge is -1.99. The van der Waals surface area contributed by atoms with E-state index in [2.05, 4.69) is 10.1 Å². The molecule has 2 rings (SSSR count). The van der Waals surface area contributed by atoms with Crippen molar-refractivity contribution in [3.8, 4) is 0 Å². The van der Waals surface area contributed by atoms with E-state index in [-0.39, 0.29) is 5.56 Å². The standard InChI is InChI=1S/C9H9N3O2/c1-2-6-3-4-10-8-7(9(13)14)5-11-12(6)8/h3-5H,2H2,1H3,(H,13,14). The Balaban J connectivity index is 2.75. The number of carboxylic acid groups (broad SMARTS) is 1. The van der Waals surface area contributed by atoms with Crippen LogP contribution < -0.4 is 0 Å². The third-order valence-corrected chi connectivity index (χ3v) is 2.07. The number of carboxylic acids is 1. The molecule has 2 heterocycles. The van der Waals surface area contributed by atoms with Gasteiger partial charge in [-0.15, -0.1) is 0 Å². The van der Waals surface area contributed by atoms with Gasteiger partial charge < -0.3 is 5.11 Å². The normalized spacial score (nSPS) is 10.6. The van der Waals surface area contributed by atoms with E-state index in [0.717, 1.165) is 12.1 Å². The summed E-state index contributed by atoms with van der Waals surface area (Å²) in [6.45, 7) is 1.98. The van der Waals surface area contributed by atoms with E-state index in [1.807, 2.05) is 13.0 Å². The molecule has 1 N–H and O–H groups in total. The van der Waals surface area contributed by atoms with Gasteiger partial charge in [-0.1, -0.05) is 6.92 Å².